The van der Waals surface area contributed by atoms with Crippen LogP contribution in [-0.4, -0.2) is 37.4 Å². The number of rotatable bonds is 5. The largest absolute Gasteiger partial charge is 0.466 e. The highest BCUT2D eigenvalue weighted by Gasteiger charge is 2.48. The van der Waals surface area contributed by atoms with Crippen LogP contribution in [0.15, 0.2) is 48.1 Å². The zero-order chi connectivity index (χ0) is 22.7. The smallest absolute Gasteiger partial charge is 0.302 e. The van der Waals surface area contributed by atoms with Crippen molar-refractivity contribution in [2.75, 3.05) is 18.1 Å². The second kappa shape index (κ2) is 7.58. The predicted molar refractivity (Wildman–Crippen MR) is 124 cm³/mol. The van der Waals surface area contributed by atoms with Gasteiger partial charge in [0.25, 0.3) is 5.91 Å². The van der Waals surface area contributed by atoms with Crippen molar-refractivity contribution in [2.24, 2.45) is 5.92 Å². The van der Waals surface area contributed by atoms with Crippen molar-refractivity contribution >= 4 is 23.9 Å². The number of carbonyl (C=O) groups is 3. The van der Waals surface area contributed by atoms with E-state index in [1.807, 2.05) is 6.08 Å². The molecule has 6 heteroatoms. The third-order valence-electron chi connectivity index (χ3n) is 7.63. The molecule has 1 amide bonds. The summed E-state index contributed by atoms with van der Waals surface area (Å²) in [4.78, 5) is 38.3. The van der Waals surface area contributed by atoms with Gasteiger partial charge in [-0.25, -0.2) is 0 Å². The molecule has 4 unspecified atom stereocenters. The highest BCUT2D eigenvalue weighted by Crippen LogP contribution is 2.56. The van der Waals surface area contributed by atoms with E-state index in [9.17, 15) is 14.4 Å². The first-order valence-corrected chi connectivity index (χ1v) is 11.7. The number of nitrogens with one attached hydrogen (secondary N) is 1. The third-order valence-corrected chi connectivity index (χ3v) is 7.63. The molecule has 33 heavy (non-hydrogen) atoms. The maximum Gasteiger partial charge on any atom is 0.302 e. The maximum atomic E-state index is 13.0. The molecular weight excluding hydrogens is 416 g/mol. The highest BCUT2D eigenvalue weighted by molar-refractivity contribution is 6.03. The summed E-state index contributed by atoms with van der Waals surface area (Å²) in [5.74, 6) is 0.353. The van der Waals surface area contributed by atoms with Gasteiger partial charge in [-0.2, -0.15) is 0 Å². The summed E-state index contributed by atoms with van der Waals surface area (Å²) in [6.07, 6.45) is 17.3. The van der Waals surface area contributed by atoms with Gasteiger partial charge in [0.15, 0.2) is 0 Å². The van der Waals surface area contributed by atoms with Crippen molar-refractivity contribution in [3.8, 4) is 0 Å². The SMILES string of the molecule is CC(=O)OCCCN1c2c3c(c4c(c2C2C=C(C=O)C=CC21)CNC4=O)C1C=CC=CC1C3. The van der Waals surface area contributed by atoms with E-state index >= 15 is 0 Å². The molecule has 1 aromatic carbocycles. The minimum Gasteiger partial charge on any atom is -0.466 e. The lowest BCUT2D eigenvalue weighted by molar-refractivity contribution is -0.141. The molecule has 0 spiro atoms. The minimum absolute atomic E-state index is 0.0171. The molecule has 0 bridgehead atoms. The fraction of sp³-hybridized carbons (Fsp3) is 0.370. The van der Waals surface area contributed by atoms with Crippen LogP contribution in [0.5, 0.6) is 0 Å². The van der Waals surface area contributed by atoms with Crippen molar-refractivity contribution in [2.45, 2.75) is 44.2 Å². The molecule has 0 fully saturated rings. The first-order chi connectivity index (χ1) is 16.1. The molecule has 0 saturated carbocycles. The van der Waals surface area contributed by atoms with Crippen LogP contribution >= 0.6 is 0 Å². The first kappa shape index (κ1) is 20.2. The summed E-state index contributed by atoms with van der Waals surface area (Å²) in [5, 5.41) is 3.07. The number of allylic oxidation sites excluding steroid dienone is 6. The molecule has 1 aromatic rings. The van der Waals surface area contributed by atoms with Gasteiger partial charge in [-0.1, -0.05) is 42.5 Å². The van der Waals surface area contributed by atoms with E-state index < -0.39 is 0 Å². The van der Waals surface area contributed by atoms with Gasteiger partial charge < -0.3 is 15.0 Å². The maximum absolute atomic E-state index is 13.0. The van der Waals surface area contributed by atoms with Crippen molar-refractivity contribution < 1.29 is 19.1 Å². The molecule has 0 radical (unpaired) electrons. The van der Waals surface area contributed by atoms with E-state index in [0.717, 1.165) is 36.8 Å². The number of hydrogen-bond acceptors (Lipinski definition) is 5. The fourth-order valence-corrected chi connectivity index (χ4v) is 6.42. The molecule has 0 saturated heterocycles. The number of aldehydes is 1. The number of fused-ring (bicyclic) bond motifs is 10. The standard InChI is InChI=1S/C27H26N2O4/c1-15(31)33-10-4-9-29-22-8-7-16(14-30)11-19(22)24-21-13-28-27(32)25(21)23-18-6-3-2-5-17(18)12-20(23)26(24)29/h2-3,5-8,11,14,17-19,22H,4,9-10,12-13H2,1H3,(H,28,32). The Morgan fingerprint density at radius 1 is 1.18 bits per heavy atom. The molecule has 0 aromatic heterocycles. The van der Waals surface area contributed by atoms with Gasteiger partial charge in [-0.15, -0.1) is 0 Å². The van der Waals surface area contributed by atoms with E-state index in [0.29, 0.717) is 24.6 Å². The van der Waals surface area contributed by atoms with Gasteiger partial charge in [0.05, 0.1) is 12.6 Å². The molecule has 168 valence electrons. The Morgan fingerprint density at radius 3 is 2.85 bits per heavy atom. The Balaban J connectivity index is 1.52. The molecule has 5 aliphatic rings. The molecule has 2 aliphatic heterocycles. The number of esters is 1. The van der Waals surface area contributed by atoms with Gasteiger partial charge in [0.2, 0.25) is 0 Å². The molecular formula is C27H26N2O4. The number of benzene rings is 1. The number of nitrogens with zero attached hydrogens (tertiary/aromatic N) is 1. The van der Waals surface area contributed by atoms with Gasteiger partial charge >= 0.3 is 5.97 Å². The fourth-order valence-electron chi connectivity index (χ4n) is 6.42. The molecule has 2 heterocycles. The Labute approximate surface area is 192 Å². The molecule has 3 aliphatic carbocycles. The van der Waals surface area contributed by atoms with Gasteiger partial charge in [-0.3, -0.25) is 14.4 Å². The van der Waals surface area contributed by atoms with E-state index in [2.05, 4.69) is 46.7 Å². The summed E-state index contributed by atoms with van der Waals surface area (Å²) < 4.78 is 5.20. The Bertz CT molecular complexity index is 1210. The number of amides is 1. The Morgan fingerprint density at radius 2 is 2.03 bits per heavy atom. The van der Waals surface area contributed by atoms with Gasteiger partial charge in [0, 0.05) is 48.7 Å². The molecule has 6 nitrogen and oxygen atoms in total. The first-order valence-electron chi connectivity index (χ1n) is 11.7. The lowest BCUT2D eigenvalue weighted by Crippen LogP contribution is -2.35. The quantitative estimate of drug-likeness (QED) is 0.431. The predicted octanol–water partition coefficient (Wildman–Crippen LogP) is 3.23. The molecule has 4 atom stereocenters. The monoisotopic (exact) mass is 442 g/mol. The molecule has 6 rings (SSSR count). The van der Waals surface area contributed by atoms with E-state index in [1.165, 1.54) is 29.3 Å². The van der Waals surface area contributed by atoms with Crippen molar-refractivity contribution in [1.82, 2.24) is 5.32 Å². The van der Waals surface area contributed by atoms with Crippen LogP contribution in [-0.2, 0) is 27.3 Å². The van der Waals surface area contributed by atoms with Crippen LogP contribution < -0.4 is 10.2 Å². The third kappa shape index (κ3) is 2.96. The second-order valence-electron chi connectivity index (χ2n) is 9.40. The normalized spacial score (nSPS) is 27.4. The van der Waals surface area contributed by atoms with Crippen molar-refractivity contribution in [1.29, 1.82) is 0 Å². The Kier molecular flexibility index (Phi) is 4.64. The number of hydrogen-bond donors (Lipinski definition) is 1. The summed E-state index contributed by atoms with van der Waals surface area (Å²) >= 11 is 0. The van der Waals surface area contributed by atoms with Crippen LogP contribution in [0.3, 0.4) is 0 Å². The highest BCUT2D eigenvalue weighted by atomic mass is 16.5. The number of anilines is 1. The van der Waals surface area contributed by atoms with Gasteiger partial charge in [0.1, 0.15) is 6.29 Å². The van der Waals surface area contributed by atoms with Crippen LogP contribution in [0, 0.1) is 5.92 Å². The van der Waals surface area contributed by atoms with Crippen LogP contribution in [0.25, 0.3) is 0 Å². The van der Waals surface area contributed by atoms with E-state index in [-0.39, 0.29) is 29.8 Å². The number of carbonyl (C=O) groups excluding carboxylic acids is 3. The lowest BCUT2D eigenvalue weighted by Gasteiger charge is -2.30. The zero-order valence-electron chi connectivity index (χ0n) is 18.5. The summed E-state index contributed by atoms with van der Waals surface area (Å²) in [6.45, 7) is 3.07. The minimum atomic E-state index is -0.267. The Hall–Kier alpha value is -3.41. The van der Waals surface area contributed by atoms with Crippen LogP contribution in [0.4, 0.5) is 5.69 Å². The second-order valence-corrected chi connectivity index (χ2v) is 9.40. The van der Waals surface area contributed by atoms with Gasteiger partial charge in [-0.05, 0) is 41.0 Å². The topological polar surface area (TPSA) is 75.7 Å². The van der Waals surface area contributed by atoms with E-state index in [1.54, 1.807) is 0 Å². The van der Waals surface area contributed by atoms with Crippen molar-refractivity contribution in [3.05, 3.63) is 75.9 Å². The average Bonchev–Trinajstić information content (AvgIpc) is 3.47. The average molecular weight is 443 g/mol. The summed E-state index contributed by atoms with van der Waals surface area (Å²) in [5.41, 5.74) is 7.48. The number of ether oxygens (including phenoxy) is 1. The summed E-state index contributed by atoms with van der Waals surface area (Å²) in [7, 11) is 0. The van der Waals surface area contributed by atoms with Crippen LogP contribution in [0.1, 0.15) is 57.8 Å². The summed E-state index contributed by atoms with van der Waals surface area (Å²) in [6, 6.07) is 0.0843. The van der Waals surface area contributed by atoms with E-state index in [4.69, 9.17) is 4.74 Å². The van der Waals surface area contributed by atoms with Crippen LogP contribution in [0.2, 0.25) is 0 Å². The zero-order valence-corrected chi connectivity index (χ0v) is 18.5. The van der Waals surface area contributed by atoms with Crippen molar-refractivity contribution in [3.63, 3.8) is 0 Å². The molecule has 1 N–H and O–H groups in total. The lowest BCUT2D eigenvalue weighted by atomic mass is 9.81.